The summed E-state index contributed by atoms with van der Waals surface area (Å²) in [5.74, 6) is -6.45. The third-order valence-electron chi connectivity index (χ3n) is 3.04. The number of benzene rings is 1. The summed E-state index contributed by atoms with van der Waals surface area (Å²) in [5, 5.41) is 9.24. The van der Waals surface area contributed by atoms with Crippen molar-refractivity contribution in [3.05, 3.63) is 34.1 Å². The maximum absolute atomic E-state index is 14.5. The van der Waals surface area contributed by atoms with Crippen LogP contribution < -0.4 is 0 Å². The molecule has 0 bridgehead atoms. The summed E-state index contributed by atoms with van der Waals surface area (Å²) < 4.78 is 32.8. The lowest BCUT2D eigenvalue weighted by atomic mass is 9.76. The molecule has 1 unspecified atom stereocenters. The summed E-state index contributed by atoms with van der Waals surface area (Å²) in [6.07, 6.45) is 0. The minimum Gasteiger partial charge on any atom is -0.481 e. The Kier molecular flexibility index (Phi) is 5.44. The van der Waals surface area contributed by atoms with Gasteiger partial charge in [0, 0.05) is 10.4 Å². The van der Waals surface area contributed by atoms with E-state index >= 15 is 0 Å². The first-order valence-electron chi connectivity index (χ1n) is 6.03. The fourth-order valence-electron chi connectivity index (χ4n) is 2.25. The molecule has 0 fully saturated rings. The zero-order valence-corrected chi connectivity index (χ0v) is 13.3. The minimum absolute atomic E-state index is 0.0622. The van der Waals surface area contributed by atoms with Crippen LogP contribution >= 0.6 is 15.9 Å². The molecule has 0 aliphatic heterocycles. The van der Waals surface area contributed by atoms with Crippen molar-refractivity contribution in [2.45, 2.75) is 25.4 Å². The van der Waals surface area contributed by atoms with E-state index in [1.54, 1.807) is 0 Å². The van der Waals surface area contributed by atoms with Crippen molar-refractivity contribution < 1.29 is 28.2 Å². The highest BCUT2D eigenvalue weighted by Gasteiger charge is 2.46. The van der Waals surface area contributed by atoms with Gasteiger partial charge in [0.25, 0.3) is 0 Å². The van der Waals surface area contributed by atoms with Gasteiger partial charge in [-0.3, -0.25) is 9.59 Å². The minimum atomic E-state index is -2.08. The molecular formula is C14H15BrF2O4. The zero-order valence-electron chi connectivity index (χ0n) is 11.7. The van der Waals surface area contributed by atoms with Gasteiger partial charge < -0.3 is 9.84 Å². The molecule has 4 nitrogen and oxygen atoms in total. The number of hydrogen-bond donors (Lipinski definition) is 1. The fourth-order valence-corrected chi connectivity index (χ4v) is 2.73. The highest BCUT2D eigenvalue weighted by atomic mass is 79.9. The van der Waals surface area contributed by atoms with Crippen LogP contribution in [0.2, 0.25) is 0 Å². The number of hydrogen-bond acceptors (Lipinski definition) is 3. The van der Waals surface area contributed by atoms with Crippen LogP contribution in [-0.4, -0.2) is 29.8 Å². The molecule has 7 heteroatoms. The van der Waals surface area contributed by atoms with E-state index in [2.05, 4.69) is 20.7 Å². The molecule has 0 saturated heterocycles. The number of carbonyl (C=O) groups excluding carboxylic acids is 1. The largest absolute Gasteiger partial charge is 0.481 e. The van der Waals surface area contributed by atoms with Gasteiger partial charge in [0.2, 0.25) is 0 Å². The van der Waals surface area contributed by atoms with Crippen LogP contribution in [-0.2, 0) is 14.3 Å². The Bertz CT molecular complexity index is 534. The number of halogens is 3. The smallest absolute Gasteiger partial charge is 0.320 e. The molecular weight excluding hydrogens is 350 g/mol. The Hall–Kier alpha value is -1.50. The molecule has 0 amide bonds. The molecule has 0 saturated carbocycles. The summed E-state index contributed by atoms with van der Waals surface area (Å²) in [5.41, 5.74) is -2.02. The van der Waals surface area contributed by atoms with Crippen LogP contribution in [0.3, 0.4) is 0 Å². The summed E-state index contributed by atoms with van der Waals surface area (Å²) in [6.45, 7) is 2.27. The Balaban J connectivity index is 3.47. The van der Waals surface area contributed by atoms with Crippen LogP contribution in [0.5, 0.6) is 0 Å². The van der Waals surface area contributed by atoms with Gasteiger partial charge in [0.15, 0.2) is 5.92 Å². The predicted molar refractivity (Wildman–Crippen MR) is 75.2 cm³/mol. The molecule has 0 heterocycles. The number of alkyl halides is 1. The lowest BCUT2D eigenvalue weighted by molar-refractivity contribution is -0.160. The molecule has 1 aromatic rings. The van der Waals surface area contributed by atoms with Crippen molar-refractivity contribution in [2.24, 2.45) is 5.92 Å². The van der Waals surface area contributed by atoms with Crippen molar-refractivity contribution in [1.82, 2.24) is 0 Å². The lowest BCUT2D eigenvalue weighted by Gasteiger charge is -2.31. The first kappa shape index (κ1) is 17.6. The summed E-state index contributed by atoms with van der Waals surface area (Å²) >= 11 is 3.06. The molecule has 21 heavy (non-hydrogen) atoms. The van der Waals surface area contributed by atoms with Gasteiger partial charge in [-0.1, -0.05) is 15.9 Å². The van der Waals surface area contributed by atoms with Crippen molar-refractivity contribution in [3.63, 3.8) is 0 Å². The number of carboxylic acids is 1. The average molecular weight is 365 g/mol. The molecule has 116 valence electrons. The number of rotatable bonds is 5. The first-order chi connectivity index (χ1) is 9.57. The Morgan fingerprint density at radius 2 is 1.90 bits per heavy atom. The van der Waals surface area contributed by atoms with Crippen LogP contribution in [0.1, 0.15) is 25.3 Å². The zero-order chi connectivity index (χ0) is 16.4. The highest BCUT2D eigenvalue weighted by molar-refractivity contribution is 9.10. The molecule has 2 atom stereocenters. The van der Waals surface area contributed by atoms with E-state index in [1.165, 1.54) is 6.07 Å². The third kappa shape index (κ3) is 4.23. The predicted octanol–water partition coefficient (Wildman–Crippen LogP) is 3.29. The SMILES string of the molecule is COC(=O)C(C(=O)O)[C@@H](c1cc(F)cc(Br)c1)C(C)(C)F. The molecule has 0 spiro atoms. The van der Waals surface area contributed by atoms with E-state index in [0.717, 1.165) is 33.1 Å². The fraction of sp³-hybridized carbons (Fsp3) is 0.429. The van der Waals surface area contributed by atoms with Gasteiger partial charge >= 0.3 is 11.9 Å². The monoisotopic (exact) mass is 364 g/mol. The topological polar surface area (TPSA) is 63.6 Å². The van der Waals surface area contributed by atoms with E-state index in [1.807, 2.05) is 0 Å². The number of carbonyl (C=O) groups is 2. The number of methoxy groups -OCH3 is 1. The van der Waals surface area contributed by atoms with E-state index in [4.69, 9.17) is 0 Å². The Morgan fingerprint density at radius 3 is 2.29 bits per heavy atom. The van der Waals surface area contributed by atoms with Crippen molar-refractivity contribution in [2.75, 3.05) is 7.11 Å². The summed E-state index contributed by atoms with van der Waals surface area (Å²) in [4.78, 5) is 23.1. The third-order valence-corrected chi connectivity index (χ3v) is 3.50. The van der Waals surface area contributed by atoms with Crippen molar-refractivity contribution >= 4 is 27.9 Å². The van der Waals surface area contributed by atoms with Crippen LogP contribution in [0.4, 0.5) is 8.78 Å². The second-order valence-corrected chi connectivity index (χ2v) is 6.00. The number of aliphatic carboxylic acids is 1. The quantitative estimate of drug-likeness (QED) is 0.643. The molecule has 1 N–H and O–H groups in total. The highest BCUT2D eigenvalue weighted by Crippen LogP contribution is 2.39. The van der Waals surface area contributed by atoms with E-state index in [-0.39, 0.29) is 5.56 Å². The number of esters is 1. The van der Waals surface area contributed by atoms with Crippen LogP contribution in [0, 0.1) is 11.7 Å². The van der Waals surface area contributed by atoms with Gasteiger partial charge in [-0.2, -0.15) is 0 Å². The maximum Gasteiger partial charge on any atom is 0.320 e. The van der Waals surface area contributed by atoms with Crippen molar-refractivity contribution in [3.8, 4) is 0 Å². The first-order valence-corrected chi connectivity index (χ1v) is 6.82. The molecule has 0 radical (unpaired) electrons. The second kappa shape index (κ2) is 6.51. The lowest BCUT2D eigenvalue weighted by Crippen LogP contribution is -2.40. The summed E-state index contributed by atoms with van der Waals surface area (Å²) in [6, 6.07) is 3.54. The molecule has 0 aliphatic carbocycles. The standard InChI is InChI=1S/C14H15BrF2O4/c1-14(2,17)11(10(12(18)19)13(20)21-3)7-4-8(15)6-9(16)5-7/h4-6,10-11H,1-3H3,(H,18,19)/t10?,11-/m1/s1. The van der Waals surface area contributed by atoms with E-state index in [9.17, 15) is 23.5 Å². The Labute approximate surface area is 129 Å². The average Bonchev–Trinajstić information content (AvgIpc) is 2.31. The van der Waals surface area contributed by atoms with Gasteiger partial charge in [-0.25, -0.2) is 8.78 Å². The molecule has 1 rings (SSSR count). The van der Waals surface area contributed by atoms with Crippen molar-refractivity contribution in [1.29, 1.82) is 0 Å². The Morgan fingerprint density at radius 1 is 1.33 bits per heavy atom. The number of carboxylic acid groups (broad SMARTS) is 1. The van der Waals surface area contributed by atoms with Gasteiger partial charge in [0.1, 0.15) is 11.5 Å². The van der Waals surface area contributed by atoms with Gasteiger partial charge in [-0.05, 0) is 37.6 Å². The maximum atomic E-state index is 14.5. The molecule has 0 aromatic heterocycles. The van der Waals surface area contributed by atoms with Gasteiger partial charge in [-0.15, -0.1) is 0 Å². The molecule has 1 aromatic carbocycles. The van der Waals surface area contributed by atoms with E-state index < -0.39 is 35.3 Å². The molecule has 0 aliphatic rings. The van der Waals surface area contributed by atoms with Crippen LogP contribution in [0.15, 0.2) is 22.7 Å². The van der Waals surface area contributed by atoms with Gasteiger partial charge in [0.05, 0.1) is 7.11 Å². The summed E-state index contributed by atoms with van der Waals surface area (Å²) in [7, 11) is 1.02. The van der Waals surface area contributed by atoms with E-state index in [0.29, 0.717) is 4.47 Å². The second-order valence-electron chi connectivity index (χ2n) is 5.08. The number of ether oxygens (including phenoxy) is 1. The van der Waals surface area contributed by atoms with Crippen LogP contribution in [0.25, 0.3) is 0 Å². The normalized spacial score (nSPS) is 14.4.